The van der Waals surface area contributed by atoms with Crippen LogP contribution in [0.2, 0.25) is 0 Å². The number of hydrogen-bond donors (Lipinski definition) is 0. The molecule has 0 amide bonds. The Morgan fingerprint density at radius 3 is 2.29 bits per heavy atom. The normalized spacial score (nSPS) is 11.3. The highest BCUT2D eigenvalue weighted by atomic mass is 16.5. The van der Waals surface area contributed by atoms with Crippen LogP contribution in [0, 0.1) is 11.3 Å². The number of Topliss-reactive ketones (excluding diaryl/α,β-unsaturated/α-hetero) is 1. The highest BCUT2D eigenvalue weighted by Gasteiger charge is 2.22. The summed E-state index contributed by atoms with van der Waals surface area (Å²) in [5, 5.41) is 9.31. The third kappa shape index (κ3) is 3.03. The second-order valence-corrected chi connectivity index (χ2v) is 4.41. The van der Waals surface area contributed by atoms with Gasteiger partial charge in [0.05, 0.1) is 20.3 Å². The average Bonchev–Trinajstić information content (AvgIpc) is 2.55. The van der Waals surface area contributed by atoms with Crippen LogP contribution in [0.5, 0.6) is 11.5 Å². The number of methoxy groups -OCH3 is 2. The number of carbonyl (C=O) groups excluding carboxylic acids is 1. The summed E-state index contributed by atoms with van der Waals surface area (Å²) in [4.78, 5) is 12.5. The molecule has 0 bridgehead atoms. The van der Waals surface area contributed by atoms with E-state index in [1.807, 2.05) is 18.2 Å². The van der Waals surface area contributed by atoms with Crippen LogP contribution in [0.3, 0.4) is 0 Å². The van der Waals surface area contributed by atoms with Gasteiger partial charge in [-0.2, -0.15) is 5.26 Å². The molecule has 0 saturated heterocycles. The van der Waals surface area contributed by atoms with Crippen molar-refractivity contribution in [1.29, 1.82) is 5.26 Å². The van der Waals surface area contributed by atoms with E-state index in [2.05, 4.69) is 6.07 Å². The molecular weight excluding hydrogens is 266 g/mol. The molecule has 2 rings (SSSR count). The Hall–Kier alpha value is -2.80. The van der Waals surface area contributed by atoms with Crippen molar-refractivity contribution in [3.05, 3.63) is 59.7 Å². The topological polar surface area (TPSA) is 59.3 Å². The molecule has 4 nitrogen and oxygen atoms in total. The van der Waals surface area contributed by atoms with Crippen molar-refractivity contribution >= 4 is 5.78 Å². The standard InChI is InChI=1S/C17H15NO3/c1-20-15-9-8-13(10-16(15)21-2)17(19)14(11-18)12-6-4-3-5-7-12/h3-10,14H,1-2H3. The van der Waals surface area contributed by atoms with Gasteiger partial charge in [0.25, 0.3) is 0 Å². The summed E-state index contributed by atoms with van der Waals surface area (Å²) in [6.07, 6.45) is 0. The maximum atomic E-state index is 12.5. The summed E-state index contributed by atoms with van der Waals surface area (Å²) in [7, 11) is 3.03. The summed E-state index contributed by atoms with van der Waals surface area (Å²) in [6, 6.07) is 15.9. The molecule has 0 aliphatic heterocycles. The van der Waals surface area contributed by atoms with E-state index < -0.39 is 5.92 Å². The molecule has 4 heteroatoms. The van der Waals surface area contributed by atoms with Gasteiger partial charge in [0.1, 0.15) is 5.92 Å². The summed E-state index contributed by atoms with van der Waals surface area (Å²) >= 11 is 0. The zero-order valence-electron chi connectivity index (χ0n) is 11.9. The van der Waals surface area contributed by atoms with Crippen molar-refractivity contribution in [2.24, 2.45) is 0 Å². The van der Waals surface area contributed by atoms with Gasteiger partial charge >= 0.3 is 0 Å². The van der Waals surface area contributed by atoms with Crippen LogP contribution >= 0.6 is 0 Å². The van der Waals surface area contributed by atoms with Crippen LogP contribution in [0.4, 0.5) is 0 Å². The van der Waals surface area contributed by atoms with Crippen LogP contribution < -0.4 is 9.47 Å². The Morgan fingerprint density at radius 2 is 1.71 bits per heavy atom. The molecule has 21 heavy (non-hydrogen) atoms. The summed E-state index contributed by atoms with van der Waals surface area (Å²) in [5.74, 6) is -0.0793. The molecule has 0 heterocycles. The monoisotopic (exact) mass is 281 g/mol. The first-order chi connectivity index (χ1) is 10.2. The van der Waals surface area contributed by atoms with Gasteiger partial charge < -0.3 is 9.47 Å². The molecule has 0 spiro atoms. The van der Waals surface area contributed by atoms with Crippen molar-refractivity contribution < 1.29 is 14.3 Å². The molecule has 0 aliphatic carbocycles. The largest absolute Gasteiger partial charge is 0.493 e. The lowest BCUT2D eigenvalue weighted by Gasteiger charge is -2.11. The fourth-order valence-corrected chi connectivity index (χ4v) is 2.09. The first kappa shape index (κ1) is 14.6. The van der Waals surface area contributed by atoms with Gasteiger partial charge in [-0.1, -0.05) is 30.3 Å². The van der Waals surface area contributed by atoms with Crippen molar-refractivity contribution in [3.8, 4) is 17.6 Å². The number of hydrogen-bond acceptors (Lipinski definition) is 4. The quantitative estimate of drug-likeness (QED) is 0.790. The van der Waals surface area contributed by atoms with Crippen LogP contribution in [-0.2, 0) is 0 Å². The number of carbonyl (C=O) groups is 1. The lowest BCUT2D eigenvalue weighted by atomic mass is 9.92. The molecule has 1 unspecified atom stereocenters. The van der Waals surface area contributed by atoms with Gasteiger partial charge in [-0.25, -0.2) is 0 Å². The third-order valence-corrected chi connectivity index (χ3v) is 3.19. The molecule has 0 fully saturated rings. The molecular formula is C17H15NO3. The van der Waals surface area contributed by atoms with Gasteiger partial charge in [-0.05, 0) is 23.8 Å². The Labute approximate surface area is 123 Å². The van der Waals surface area contributed by atoms with Crippen molar-refractivity contribution in [2.75, 3.05) is 14.2 Å². The maximum absolute atomic E-state index is 12.5. The predicted molar refractivity (Wildman–Crippen MR) is 78.7 cm³/mol. The number of ether oxygens (including phenoxy) is 2. The first-order valence-electron chi connectivity index (χ1n) is 6.42. The lowest BCUT2D eigenvalue weighted by molar-refractivity contribution is 0.0978. The van der Waals surface area contributed by atoms with Gasteiger partial charge in [0.15, 0.2) is 17.3 Å². The van der Waals surface area contributed by atoms with Gasteiger partial charge in [-0.3, -0.25) is 4.79 Å². The van der Waals surface area contributed by atoms with E-state index >= 15 is 0 Å². The van der Waals surface area contributed by atoms with E-state index in [1.54, 1.807) is 30.3 Å². The predicted octanol–water partition coefficient (Wildman–Crippen LogP) is 3.19. The minimum Gasteiger partial charge on any atom is -0.493 e. The second-order valence-electron chi connectivity index (χ2n) is 4.41. The van der Waals surface area contributed by atoms with Crippen LogP contribution in [0.15, 0.2) is 48.5 Å². The second kappa shape index (κ2) is 6.58. The van der Waals surface area contributed by atoms with Crippen molar-refractivity contribution in [1.82, 2.24) is 0 Å². The smallest absolute Gasteiger partial charge is 0.184 e. The minimum atomic E-state index is -0.829. The van der Waals surface area contributed by atoms with Gasteiger partial charge in [0.2, 0.25) is 0 Å². The average molecular weight is 281 g/mol. The Kier molecular flexibility index (Phi) is 4.57. The van der Waals surface area contributed by atoms with Crippen molar-refractivity contribution in [2.45, 2.75) is 5.92 Å². The summed E-state index contributed by atoms with van der Waals surface area (Å²) < 4.78 is 10.3. The minimum absolute atomic E-state index is 0.260. The Morgan fingerprint density at radius 1 is 1.05 bits per heavy atom. The molecule has 0 aromatic heterocycles. The number of rotatable bonds is 5. The zero-order valence-corrected chi connectivity index (χ0v) is 11.9. The Balaban J connectivity index is 2.37. The zero-order chi connectivity index (χ0) is 15.2. The SMILES string of the molecule is COc1ccc(C(=O)C(C#N)c2ccccc2)cc1OC. The highest BCUT2D eigenvalue weighted by molar-refractivity contribution is 6.03. The number of nitrogens with zero attached hydrogens (tertiary/aromatic N) is 1. The Bertz CT molecular complexity index is 674. The number of ketones is 1. The lowest BCUT2D eigenvalue weighted by Crippen LogP contribution is -2.11. The van der Waals surface area contributed by atoms with Crippen LogP contribution in [0.1, 0.15) is 21.8 Å². The molecule has 0 aliphatic rings. The van der Waals surface area contributed by atoms with Crippen LogP contribution in [-0.4, -0.2) is 20.0 Å². The fraction of sp³-hybridized carbons (Fsp3) is 0.176. The van der Waals surface area contributed by atoms with E-state index in [0.29, 0.717) is 22.6 Å². The van der Waals surface area contributed by atoms with E-state index in [4.69, 9.17) is 9.47 Å². The molecule has 0 radical (unpaired) electrons. The molecule has 1 atom stereocenters. The number of nitriles is 1. The summed E-state index contributed by atoms with van der Waals surface area (Å²) in [6.45, 7) is 0. The maximum Gasteiger partial charge on any atom is 0.184 e. The highest BCUT2D eigenvalue weighted by Crippen LogP contribution is 2.30. The molecule has 2 aromatic carbocycles. The van der Waals surface area contributed by atoms with E-state index in [1.165, 1.54) is 14.2 Å². The molecule has 106 valence electrons. The number of benzene rings is 2. The molecule has 2 aromatic rings. The van der Waals surface area contributed by atoms with E-state index in [0.717, 1.165) is 0 Å². The molecule has 0 N–H and O–H groups in total. The fourth-order valence-electron chi connectivity index (χ4n) is 2.09. The van der Waals surface area contributed by atoms with Crippen molar-refractivity contribution in [3.63, 3.8) is 0 Å². The van der Waals surface area contributed by atoms with E-state index in [9.17, 15) is 10.1 Å². The molecule has 0 saturated carbocycles. The first-order valence-corrected chi connectivity index (χ1v) is 6.42. The third-order valence-electron chi connectivity index (χ3n) is 3.19. The van der Waals surface area contributed by atoms with Crippen LogP contribution in [0.25, 0.3) is 0 Å². The van der Waals surface area contributed by atoms with Gasteiger partial charge in [0, 0.05) is 5.56 Å². The summed E-state index contributed by atoms with van der Waals surface area (Å²) in [5.41, 5.74) is 1.10. The van der Waals surface area contributed by atoms with E-state index in [-0.39, 0.29) is 5.78 Å². The van der Waals surface area contributed by atoms with Gasteiger partial charge in [-0.15, -0.1) is 0 Å².